The molecule has 0 saturated carbocycles. The van der Waals surface area contributed by atoms with Gasteiger partial charge in [-0.3, -0.25) is 9.59 Å². The summed E-state index contributed by atoms with van der Waals surface area (Å²) in [4.78, 5) is 35.0. The van der Waals surface area contributed by atoms with Crippen LogP contribution < -0.4 is 5.32 Å². The molecule has 1 atom stereocenters. The van der Waals surface area contributed by atoms with E-state index in [2.05, 4.69) is 10.3 Å². The van der Waals surface area contributed by atoms with Gasteiger partial charge in [0.25, 0.3) is 5.91 Å². The number of nitrogens with one attached hydrogen (secondary N) is 2. The van der Waals surface area contributed by atoms with Crippen LogP contribution in [0.4, 0.5) is 0 Å². The van der Waals surface area contributed by atoms with E-state index >= 15 is 0 Å². The smallest absolute Gasteiger partial charge is 0.326 e. The van der Waals surface area contributed by atoms with Gasteiger partial charge in [-0.15, -0.1) is 0 Å². The van der Waals surface area contributed by atoms with Crippen LogP contribution in [0, 0.1) is 0 Å². The normalized spacial score (nSPS) is 11.8. The highest BCUT2D eigenvalue weighted by atomic mass is 16.4. The molecule has 86 valence electrons. The second kappa shape index (κ2) is 4.96. The maximum absolute atomic E-state index is 11.4. The fraction of sp³-hybridized carbons (Fsp3) is 0.222. The van der Waals surface area contributed by atoms with Crippen molar-refractivity contribution in [2.24, 2.45) is 0 Å². The maximum atomic E-state index is 11.4. The first-order valence-electron chi connectivity index (χ1n) is 4.39. The van der Waals surface area contributed by atoms with E-state index in [9.17, 15) is 14.4 Å². The topological polar surface area (TPSA) is 119 Å². The molecule has 0 bridgehead atoms. The highest BCUT2D eigenvalue weighted by molar-refractivity contribution is 5.95. The summed E-state index contributed by atoms with van der Waals surface area (Å²) in [7, 11) is 0. The van der Waals surface area contributed by atoms with Crippen LogP contribution in [0.3, 0.4) is 0 Å². The maximum Gasteiger partial charge on any atom is 0.326 e. The van der Waals surface area contributed by atoms with Crippen molar-refractivity contribution in [2.75, 3.05) is 0 Å². The molecular weight excluding hydrogens is 216 g/mol. The Morgan fingerprint density at radius 3 is 2.50 bits per heavy atom. The van der Waals surface area contributed by atoms with E-state index in [1.807, 2.05) is 0 Å². The molecule has 0 aromatic carbocycles. The van der Waals surface area contributed by atoms with Gasteiger partial charge in [-0.25, -0.2) is 4.79 Å². The quantitative estimate of drug-likeness (QED) is 0.548. The van der Waals surface area contributed by atoms with Gasteiger partial charge in [-0.2, -0.15) is 0 Å². The molecular formula is C9H10N2O5. The van der Waals surface area contributed by atoms with Crippen LogP contribution >= 0.6 is 0 Å². The fourth-order valence-corrected chi connectivity index (χ4v) is 1.08. The number of carbonyl (C=O) groups excluding carboxylic acids is 1. The number of rotatable bonds is 5. The van der Waals surface area contributed by atoms with E-state index < -0.39 is 30.3 Å². The molecule has 1 rings (SSSR count). The molecule has 0 unspecified atom stereocenters. The summed E-state index contributed by atoms with van der Waals surface area (Å²) in [6.45, 7) is 0. The molecule has 0 aliphatic carbocycles. The molecule has 7 heteroatoms. The summed E-state index contributed by atoms with van der Waals surface area (Å²) >= 11 is 0. The minimum absolute atomic E-state index is 0.177. The first kappa shape index (κ1) is 11.8. The fourth-order valence-electron chi connectivity index (χ4n) is 1.08. The van der Waals surface area contributed by atoms with Gasteiger partial charge in [0.05, 0.1) is 6.42 Å². The number of amides is 1. The van der Waals surface area contributed by atoms with Crippen LogP contribution in [-0.4, -0.2) is 39.1 Å². The van der Waals surface area contributed by atoms with Crippen molar-refractivity contribution in [1.82, 2.24) is 10.3 Å². The minimum Gasteiger partial charge on any atom is -0.481 e. The molecule has 0 aliphatic rings. The van der Waals surface area contributed by atoms with Crippen LogP contribution in [0.15, 0.2) is 18.3 Å². The zero-order valence-electron chi connectivity index (χ0n) is 8.14. The second-order valence-electron chi connectivity index (χ2n) is 3.05. The van der Waals surface area contributed by atoms with Gasteiger partial charge >= 0.3 is 11.9 Å². The first-order valence-corrected chi connectivity index (χ1v) is 4.39. The summed E-state index contributed by atoms with van der Waals surface area (Å²) in [6, 6.07) is 1.59. The predicted octanol–water partition coefficient (Wildman–Crippen LogP) is -0.328. The summed E-state index contributed by atoms with van der Waals surface area (Å²) in [5.74, 6) is -3.33. The predicted molar refractivity (Wildman–Crippen MR) is 51.9 cm³/mol. The number of carboxylic acid groups (broad SMARTS) is 2. The Labute approximate surface area is 90.1 Å². The SMILES string of the molecule is O=C(O)C[C@@H](NC(=O)c1ccc[nH]1)C(=O)O. The average Bonchev–Trinajstić information content (AvgIpc) is 2.68. The molecule has 0 saturated heterocycles. The van der Waals surface area contributed by atoms with Gasteiger partial charge in [-0.05, 0) is 12.1 Å². The third-order valence-electron chi connectivity index (χ3n) is 1.82. The van der Waals surface area contributed by atoms with Gasteiger partial charge in [0.15, 0.2) is 0 Å². The van der Waals surface area contributed by atoms with Gasteiger partial charge in [0, 0.05) is 6.20 Å². The Bertz CT molecular complexity index is 398. The average molecular weight is 226 g/mol. The molecule has 1 amide bonds. The first-order chi connectivity index (χ1) is 7.50. The number of H-pyrrole nitrogens is 1. The third-order valence-corrected chi connectivity index (χ3v) is 1.82. The molecule has 0 aliphatic heterocycles. The Balaban J connectivity index is 2.65. The Morgan fingerprint density at radius 2 is 2.06 bits per heavy atom. The summed E-state index contributed by atoms with van der Waals surface area (Å²) in [5, 5.41) is 19.2. The zero-order chi connectivity index (χ0) is 12.1. The van der Waals surface area contributed by atoms with Crippen molar-refractivity contribution in [3.8, 4) is 0 Å². The zero-order valence-corrected chi connectivity index (χ0v) is 8.14. The monoisotopic (exact) mass is 226 g/mol. The number of aromatic amines is 1. The van der Waals surface area contributed by atoms with Gasteiger partial charge in [-0.1, -0.05) is 0 Å². The van der Waals surface area contributed by atoms with Crippen LogP contribution in [0.5, 0.6) is 0 Å². The van der Waals surface area contributed by atoms with Crippen molar-refractivity contribution in [3.63, 3.8) is 0 Å². The molecule has 1 aromatic heterocycles. The lowest BCUT2D eigenvalue weighted by molar-refractivity contribution is -0.145. The molecule has 7 nitrogen and oxygen atoms in total. The van der Waals surface area contributed by atoms with E-state index in [0.717, 1.165) is 0 Å². The molecule has 4 N–H and O–H groups in total. The molecule has 0 spiro atoms. The van der Waals surface area contributed by atoms with E-state index in [1.54, 1.807) is 6.07 Å². The van der Waals surface area contributed by atoms with E-state index in [0.29, 0.717) is 0 Å². The standard InChI is InChI=1S/C9H10N2O5/c12-7(13)4-6(9(15)16)11-8(14)5-2-1-3-10-5/h1-3,6,10H,4H2,(H,11,14)(H,12,13)(H,15,16)/t6-/m1/s1. The van der Waals surface area contributed by atoms with E-state index in [1.165, 1.54) is 12.3 Å². The number of aliphatic carboxylic acids is 2. The summed E-state index contributed by atoms with van der Waals surface area (Å²) in [6.07, 6.45) is 0.837. The van der Waals surface area contributed by atoms with Crippen molar-refractivity contribution in [1.29, 1.82) is 0 Å². The van der Waals surface area contributed by atoms with Crippen molar-refractivity contribution < 1.29 is 24.6 Å². The number of carboxylic acids is 2. The lowest BCUT2D eigenvalue weighted by atomic mass is 10.2. The largest absolute Gasteiger partial charge is 0.481 e. The minimum atomic E-state index is -1.44. The molecule has 16 heavy (non-hydrogen) atoms. The molecule has 0 radical (unpaired) electrons. The van der Waals surface area contributed by atoms with Crippen molar-refractivity contribution in [2.45, 2.75) is 12.5 Å². The highest BCUT2D eigenvalue weighted by Crippen LogP contribution is 1.98. The highest BCUT2D eigenvalue weighted by Gasteiger charge is 2.23. The lowest BCUT2D eigenvalue weighted by Gasteiger charge is -2.11. The number of aromatic nitrogens is 1. The third kappa shape index (κ3) is 3.12. The van der Waals surface area contributed by atoms with Crippen LogP contribution in [0.2, 0.25) is 0 Å². The Morgan fingerprint density at radius 1 is 1.38 bits per heavy atom. The Kier molecular flexibility index (Phi) is 3.65. The van der Waals surface area contributed by atoms with Crippen LogP contribution in [0.1, 0.15) is 16.9 Å². The summed E-state index contributed by atoms with van der Waals surface area (Å²) < 4.78 is 0. The molecule has 0 fully saturated rings. The number of hydrogen-bond donors (Lipinski definition) is 4. The van der Waals surface area contributed by atoms with Crippen LogP contribution in [-0.2, 0) is 9.59 Å². The van der Waals surface area contributed by atoms with Crippen molar-refractivity contribution in [3.05, 3.63) is 24.0 Å². The van der Waals surface area contributed by atoms with E-state index in [4.69, 9.17) is 10.2 Å². The van der Waals surface area contributed by atoms with Gasteiger partial charge in [0.2, 0.25) is 0 Å². The summed E-state index contributed by atoms with van der Waals surface area (Å²) in [5.41, 5.74) is 0.177. The lowest BCUT2D eigenvalue weighted by Crippen LogP contribution is -2.42. The van der Waals surface area contributed by atoms with Crippen LogP contribution in [0.25, 0.3) is 0 Å². The second-order valence-corrected chi connectivity index (χ2v) is 3.05. The van der Waals surface area contributed by atoms with Crippen molar-refractivity contribution >= 4 is 17.8 Å². The number of hydrogen-bond acceptors (Lipinski definition) is 3. The van der Waals surface area contributed by atoms with E-state index in [-0.39, 0.29) is 5.69 Å². The molecule has 1 heterocycles. The van der Waals surface area contributed by atoms with Gasteiger partial charge < -0.3 is 20.5 Å². The molecule has 1 aromatic rings. The van der Waals surface area contributed by atoms with Gasteiger partial charge in [0.1, 0.15) is 11.7 Å². The number of carbonyl (C=O) groups is 3. The Hall–Kier alpha value is -2.31.